The number of pyridine rings is 1. The number of nitrogens with one attached hydrogen (secondary N) is 1. The van der Waals surface area contributed by atoms with Crippen molar-refractivity contribution in [1.29, 1.82) is 0 Å². The van der Waals surface area contributed by atoms with Crippen LogP contribution in [0.15, 0.2) is 24.7 Å². The summed E-state index contributed by atoms with van der Waals surface area (Å²) >= 11 is 6.91. The van der Waals surface area contributed by atoms with Gasteiger partial charge in [-0.05, 0) is 6.07 Å². The number of hydrogen-bond donors (Lipinski definition) is 1. The Balaban J connectivity index is 2.19. The molecule has 0 fully saturated rings. The molecule has 0 radical (unpaired) electrons. The number of halogens is 1. The van der Waals surface area contributed by atoms with Crippen LogP contribution in [0, 0.1) is 0 Å². The number of rotatable bonds is 2. The highest BCUT2D eigenvalue weighted by Crippen LogP contribution is 2.16. The van der Waals surface area contributed by atoms with E-state index in [0.717, 1.165) is 11.5 Å². The van der Waals surface area contributed by atoms with E-state index in [1.807, 2.05) is 0 Å². The Hall–Kier alpha value is -1.53. The fourth-order valence-electron chi connectivity index (χ4n) is 0.961. The number of aromatic nitrogens is 3. The molecule has 2 aromatic heterocycles. The average Bonchev–Trinajstić information content (AvgIpc) is 2.71. The van der Waals surface area contributed by atoms with Gasteiger partial charge in [0.2, 0.25) is 0 Å². The zero-order valence-corrected chi connectivity index (χ0v) is 8.92. The second-order valence-electron chi connectivity index (χ2n) is 2.59. The van der Waals surface area contributed by atoms with Crippen molar-refractivity contribution in [2.75, 3.05) is 5.32 Å². The Labute approximate surface area is 94.3 Å². The molecule has 7 heteroatoms. The largest absolute Gasteiger partial charge is 0.311 e. The van der Waals surface area contributed by atoms with Crippen LogP contribution in [0.4, 0.5) is 5.00 Å². The van der Waals surface area contributed by atoms with Crippen LogP contribution in [-0.4, -0.2) is 20.5 Å². The van der Waals surface area contributed by atoms with Crippen LogP contribution < -0.4 is 5.32 Å². The number of amides is 1. The van der Waals surface area contributed by atoms with Gasteiger partial charge < -0.3 is 5.32 Å². The van der Waals surface area contributed by atoms with Gasteiger partial charge in [-0.3, -0.25) is 9.78 Å². The summed E-state index contributed by atoms with van der Waals surface area (Å²) < 4.78 is 3.62. The summed E-state index contributed by atoms with van der Waals surface area (Å²) in [6, 6.07) is 1.55. The Kier molecular flexibility index (Phi) is 2.89. The molecule has 0 unspecified atom stereocenters. The van der Waals surface area contributed by atoms with Gasteiger partial charge in [-0.25, -0.2) is 0 Å². The van der Waals surface area contributed by atoms with Crippen molar-refractivity contribution < 1.29 is 4.79 Å². The van der Waals surface area contributed by atoms with Crippen LogP contribution in [0.25, 0.3) is 0 Å². The van der Waals surface area contributed by atoms with Crippen LogP contribution in [0.1, 0.15) is 10.4 Å². The number of anilines is 1. The van der Waals surface area contributed by atoms with E-state index in [1.54, 1.807) is 6.07 Å². The summed E-state index contributed by atoms with van der Waals surface area (Å²) in [7, 11) is 0. The molecule has 0 aliphatic carbocycles. The SMILES string of the molecule is O=C(Nc1cnns1)c1ccncc1Cl. The van der Waals surface area contributed by atoms with Crippen LogP contribution in [-0.2, 0) is 0 Å². The first-order valence-corrected chi connectivity index (χ1v) is 5.11. The van der Waals surface area contributed by atoms with Crippen molar-refractivity contribution in [3.05, 3.63) is 35.2 Å². The molecule has 0 bridgehead atoms. The summed E-state index contributed by atoms with van der Waals surface area (Å²) in [5.74, 6) is -0.298. The van der Waals surface area contributed by atoms with E-state index in [1.165, 1.54) is 18.6 Å². The lowest BCUT2D eigenvalue weighted by atomic mass is 10.2. The third-order valence-electron chi connectivity index (χ3n) is 1.62. The van der Waals surface area contributed by atoms with E-state index in [2.05, 4.69) is 19.9 Å². The molecule has 1 amide bonds. The molecule has 15 heavy (non-hydrogen) atoms. The van der Waals surface area contributed by atoms with Crippen molar-refractivity contribution in [1.82, 2.24) is 14.6 Å². The Morgan fingerprint density at radius 1 is 1.47 bits per heavy atom. The van der Waals surface area contributed by atoms with Gasteiger partial charge in [0, 0.05) is 23.9 Å². The van der Waals surface area contributed by atoms with Gasteiger partial charge in [-0.15, -0.1) is 5.10 Å². The van der Waals surface area contributed by atoms with E-state index in [0.29, 0.717) is 15.6 Å². The quantitative estimate of drug-likeness (QED) is 0.870. The fourth-order valence-corrected chi connectivity index (χ4v) is 1.58. The molecule has 1 N–H and O–H groups in total. The van der Waals surface area contributed by atoms with E-state index in [9.17, 15) is 4.79 Å². The molecule has 0 aliphatic rings. The molecule has 2 heterocycles. The van der Waals surface area contributed by atoms with Crippen molar-refractivity contribution in [2.45, 2.75) is 0 Å². The summed E-state index contributed by atoms with van der Waals surface area (Å²) in [4.78, 5) is 15.5. The Bertz CT molecular complexity index is 473. The molecular formula is C8H5ClN4OS. The molecule has 2 aromatic rings. The molecule has 2 rings (SSSR count). The normalized spacial score (nSPS) is 9.93. The van der Waals surface area contributed by atoms with Gasteiger partial charge in [0.25, 0.3) is 5.91 Å². The van der Waals surface area contributed by atoms with E-state index < -0.39 is 0 Å². The predicted octanol–water partition coefficient (Wildman–Crippen LogP) is 1.84. The third kappa shape index (κ3) is 2.28. The Morgan fingerprint density at radius 3 is 3.00 bits per heavy atom. The van der Waals surface area contributed by atoms with Gasteiger partial charge in [0.1, 0.15) is 5.00 Å². The van der Waals surface area contributed by atoms with Crippen molar-refractivity contribution in [3.63, 3.8) is 0 Å². The topological polar surface area (TPSA) is 67.8 Å². The molecular weight excluding hydrogens is 236 g/mol. The summed E-state index contributed by atoms with van der Waals surface area (Å²) in [6.07, 6.45) is 4.39. The van der Waals surface area contributed by atoms with Gasteiger partial charge in [0.15, 0.2) is 0 Å². The Morgan fingerprint density at radius 2 is 2.33 bits per heavy atom. The number of carbonyl (C=O) groups is 1. The monoisotopic (exact) mass is 240 g/mol. The highest BCUT2D eigenvalue weighted by molar-refractivity contribution is 7.10. The lowest BCUT2D eigenvalue weighted by Gasteiger charge is -2.02. The summed E-state index contributed by atoms with van der Waals surface area (Å²) in [6.45, 7) is 0. The predicted molar refractivity (Wildman–Crippen MR) is 57.1 cm³/mol. The van der Waals surface area contributed by atoms with Crippen molar-refractivity contribution in [3.8, 4) is 0 Å². The molecule has 76 valence electrons. The smallest absolute Gasteiger partial charge is 0.257 e. The zero-order valence-electron chi connectivity index (χ0n) is 7.35. The fraction of sp³-hybridized carbons (Fsp3) is 0. The molecule has 5 nitrogen and oxygen atoms in total. The van der Waals surface area contributed by atoms with Crippen LogP contribution >= 0.6 is 23.1 Å². The molecule has 0 saturated heterocycles. The molecule has 0 saturated carbocycles. The summed E-state index contributed by atoms with van der Waals surface area (Å²) in [5.41, 5.74) is 0.375. The van der Waals surface area contributed by atoms with Crippen LogP contribution in [0.2, 0.25) is 5.02 Å². The van der Waals surface area contributed by atoms with Crippen molar-refractivity contribution >= 4 is 34.0 Å². The molecule has 0 atom stereocenters. The van der Waals surface area contributed by atoms with E-state index in [4.69, 9.17) is 11.6 Å². The van der Waals surface area contributed by atoms with E-state index in [-0.39, 0.29) is 5.91 Å². The number of nitrogens with zero attached hydrogens (tertiary/aromatic N) is 3. The van der Waals surface area contributed by atoms with Crippen LogP contribution in [0.3, 0.4) is 0 Å². The minimum Gasteiger partial charge on any atom is -0.311 e. The number of carbonyl (C=O) groups excluding carboxylic acids is 1. The van der Waals surface area contributed by atoms with Crippen LogP contribution in [0.5, 0.6) is 0 Å². The minimum absolute atomic E-state index is 0.298. The third-order valence-corrected chi connectivity index (χ3v) is 2.50. The van der Waals surface area contributed by atoms with Gasteiger partial charge in [-0.1, -0.05) is 16.1 Å². The number of hydrogen-bond acceptors (Lipinski definition) is 5. The lowest BCUT2D eigenvalue weighted by molar-refractivity contribution is 0.102. The van der Waals surface area contributed by atoms with Gasteiger partial charge in [-0.2, -0.15) is 0 Å². The zero-order chi connectivity index (χ0) is 10.7. The first-order chi connectivity index (χ1) is 7.27. The summed E-state index contributed by atoms with van der Waals surface area (Å²) in [5, 5.41) is 7.11. The maximum Gasteiger partial charge on any atom is 0.257 e. The first kappa shape index (κ1) is 10.0. The average molecular weight is 241 g/mol. The van der Waals surface area contributed by atoms with Gasteiger partial charge >= 0.3 is 0 Å². The second-order valence-corrected chi connectivity index (χ2v) is 3.78. The highest BCUT2D eigenvalue weighted by Gasteiger charge is 2.10. The molecule has 0 aromatic carbocycles. The highest BCUT2D eigenvalue weighted by atomic mass is 35.5. The maximum absolute atomic E-state index is 11.7. The maximum atomic E-state index is 11.7. The van der Waals surface area contributed by atoms with Crippen molar-refractivity contribution in [2.24, 2.45) is 0 Å². The second kappa shape index (κ2) is 4.33. The van der Waals surface area contributed by atoms with E-state index >= 15 is 0 Å². The minimum atomic E-state index is -0.298. The molecule has 0 spiro atoms. The molecule has 0 aliphatic heterocycles. The van der Waals surface area contributed by atoms with Gasteiger partial charge in [0.05, 0.1) is 16.8 Å². The lowest BCUT2D eigenvalue weighted by Crippen LogP contribution is -2.11. The standard InChI is InChI=1S/C8H5ClN4OS/c9-6-3-10-2-1-5(6)8(14)12-7-4-11-13-15-7/h1-4H,(H,12,14). The first-order valence-electron chi connectivity index (χ1n) is 3.95.